The third kappa shape index (κ3) is 5.84. The van der Waals surface area contributed by atoms with Crippen LogP contribution in [0.4, 0.5) is 0 Å². The molecule has 1 aromatic carbocycles. The predicted molar refractivity (Wildman–Crippen MR) is 94.4 cm³/mol. The summed E-state index contributed by atoms with van der Waals surface area (Å²) in [7, 11) is -1.06. The Morgan fingerprint density at radius 1 is 1.26 bits per heavy atom. The van der Waals surface area contributed by atoms with E-state index in [2.05, 4.69) is 39.6 Å². The molecule has 2 N–H and O–H groups in total. The van der Waals surface area contributed by atoms with Crippen LogP contribution in [0.3, 0.4) is 0 Å². The van der Waals surface area contributed by atoms with E-state index in [4.69, 9.17) is 0 Å². The van der Waals surface area contributed by atoms with Crippen molar-refractivity contribution >= 4 is 15.8 Å². The molecule has 6 nitrogen and oxygen atoms in total. The molecule has 2 rings (SSSR count). The van der Waals surface area contributed by atoms with Crippen molar-refractivity contribution in [2.24, 2.45) is 4.99 Å². The van der Waals surface area contributed by atoms with Crippen LogP contribution in [-0.4, -0.2) is 64.0 Å². The number of rotatable bonds is 5. The first-order valence-electron chi connectivity index (χ1n) is 7.95. The summed E-state index contributed by atoms with van der Waals surface area (Å²) in [4.78, 5) is 6.41. The van der Waals surface area contributed by atoms with E-state index >= 15 is 0 Å². The van der Waals surface area contributed by atoms with Crippen LogP contribution < -0.4 is 10.6 Å². The molecule has 1 heterocycles. The molecule has 0 aromatic heterocycles. The molecular weight excluding hydrogens is 312 g/mol. The van der Waals surface area contributed by atoms with Gasteiger partial charge in [0, 0.05) is 33.2 Å². The minimum atomic E-state index is -2.81. The number of hydrogen-bond donors (Lipinski definition) is 2. The van der Waals surface area contributed by atoms with Gasteiger partial charge in [-0.2, -0.15) is 0 Å². The monoisotopic (exact) mass is 338 g/mol. The Morgan fingerprint density at radius 3 is 2.52 bits per heavy atom. The van der Waals surface area contributed by atoms with Crippen molar-refractivity contribution in [2.75, 3.05) is 44.7 Å². The van der Waals surface area contributed by atoms with E-state index in [9.17, 15) is 8.42 Å². The highest BCUT2D eigenvalue weighted by Gasteiger charge is 2.20. The second kappa shape index (κ2) is 8.31. The number of nitrogens with one attached hydrogen (secondary N) is 2. The lowest BCUT2D eigenvalue weighted by Gasteiger charge is -2.27. The van der Waals surface area contributed by atoms with E-state index in [0.717, 1.165) is 19.0 Å². The van der Waals surface area contributed by atoms with Crippen LogP contribution in [0.25, 0.3) is 0 Å². The largest absolute Gasteiger partial charge is 0.355 e. The molecule has 0 saturated carbocycles. The molecule has 1 aliphatic rings. The first-order chi connectivity index (χ1) is 11.0. The Kier molecular flexibility index (Phi) is 6.41. The van der Waals surface area contributed by atoms with Gasteiger partial charge < -0.3 is 10.6 Å². The molecule has 128 valence electrons. The Hall–Kier alpha value is -1.60. The van der Waals surface area contributed by atoms with Crippen molar-refractivity contribution in [2.45, 2.75) is 13.0 Å². The molecule has 0 aliphatic carbocycles. The van der Waals surface area contributed by atoms with Gasteiger partial charge in [0.25, 0.3) is 0 Å². The van der Waals surface area contributed by atoms with Crippen molar-refractivity contribution in [1.82, 2.24) is 15.5 Å². The number of sulfone groups is 1. The highest BCUT2D eigenvalue weighted by molar-refractivity contribution is 7.91. The van der Waals surface area contributed by atoms with Gasteiger partial charge in [-0.25, -0.2) is 8.42 Å². The van der Waals surface area contributed by atoms with Crippen LogP contribution in [0.1, 0.15) is 18.5 Å². The van der Waals surface area contributed by atoms with Gasteiger partial charge in [-0.15, -0.1) is 0 Å². The molecule has 7 heteroatoms. The number of aliphatic imine (C=N–C) groups is 1. The molecule has 1 unspecified atom stereocenters. The topological polar surface area (TPSA) is 73.8 Å². The molecule has 0 bridgehead atoms. The summed E-state index contributed by atoms with van der Waals surface area (Å²) in [5.74, 6) is 1.29. The summed E-state index contributed by atoms with van der Waals surface area (Å²) in [6, 6.07) is 10.4. The smallest absolute Gasteiger partial charge is 0.191 e. The lowest BCUT2D eigenvalue weighted by molar-refractivity contribution is 0.299. The van der Waals surface area contributed by atoms with Gasteiger partial charge in [-0.3, -0.25) is 9.89 Å². The maximum Gasteiger partial charge on any atom is 0.191 e. The molecule has 1 fully saturated rings. The highest BCUT2D eigenvalue weighted by Crippen LogP contribution is 2.10. The van der Waals surface area contributed by atoms with Crippen LogP contribution in [0.5, 0.6) is 0 Å². The van der Waals surface area contributed by atoms with Gasteiger partial charge in [0.2, 0.25) is 0 Å². The minimum absolute atomic E-state index is 0.169. The minimum Gasteiger partial charge on any atom is -0.355 e. The molecule has 0 radical (unpaired) electrons. The van der Waals surface area contributed by atoms with Gasteiger partial charge in [0.15, 0.2) is 15.8 Å². The third-order valence-electron chi connectivity index (χ3n) is 4.03. The molecule has 0 amide bonds. The Morgan fingerprint density at radius 2 is 1.91 bits per heavy atom. The summed E-state index contributed by atoms with van der Waals surface area (Å²) < 4.78 is 22.8. The average molecular weight is 338 g/mol. The van der Waals surface area contributed by atoms with Gasteiger partial charge in [0.1, 0.15) is 0 Å². The highest BCUT2D eigenvalue weighted by atomic mass is 32.2. The zero-order valence-corrected chi connectivity index (χ0v) is 14.6. The van der Waals surface area contributed by atoms with Crippen molar-refractivity contribution in [3.63, 3.8) is 0 Å². The third-order valence-corrected chi connectivity index (χ3v) is 5.64. The Balaban J connectivity index is 1.73. The first kappa shape index (κ1) is 17.7. The van der Waals surface area contributed by atoms with Crippen LogP contribution in [-0.2, 0) is 9.84 Å². The fraction of sp³-hybridized carbons (Fsp3) is 0.562. The molecule has 1 saturated heterocycles. The fourth-order valence-electron chi connectivity index (χ4n) is 2.53. The lowest BCUT2D eigenvalue weighted by Crippen LogP contribution is -2.46. The number of benzene rings is 1. The van der Waals surface area contributed by atoms with Crippen LogP contribution >= 0.6 is 0 Å². The average Bonchev–Trinajstić information content (AvgIpc) is 2.56. The summed E-state index contributed by atoms with van der Waals surface area (Å²) in [5, 5.41) is 6.64. The molecular formula is C16H26N4O2S. The molecule has 1 aliphatic heterocycles. The molecule has 1 atom stereocenters. The van der Waals surface area contributed by atoms with Gasteiger partial charge >= 0.3 is 0 Å². The second-order valence-corrected chi connectivity index (χ2v) is 8.07. The fourth-order valence-corrected chi connectivity index (χ4v) is 3.81. The van der Waals surface area contributed by atoms with E-state index in [1.54, 1.807) is 7.05 Å². The zero-order chi connectivity index (χ0) is 16.7. The standard InChI is InChI=1S/C16H26N4O2S/c1-14(15-6-4-3-5-7-15)19-16(17-2)18-8-9-20-10-12-23(21,22)13-11-20/h3-7,14H,8-13H2,1-2H3,(H2,17,18,19). The number of hydrogen-bond acceptors (Lipinski definition) is 4. The second-order valence-electron chi connectivity index (χ2n) is 5.77. The van der Waals surface area contributed by atoms with Gasteiger partial charge in [-0.05, 0) is 12.5 Å². The summed E-state index contributed by atoms with van der Waals surface area (Å²) in [6.07, 6.45) is 0. The quantitative estimate of drug-likeness (QED) is 0.609. The maximum atomic E-state index is 11.4. The first-order valence-corrected chi connectivity index (χ1v) is 9.77. The van der Waals surface area contributed by atoms with E-state index in [0.29, 0.717) is 13.1 Å². The van der Waals surface area contributed by atoms with Crippen molar-refractivity contribution < 1.29 is 8.42 Å². The van der Waals surface area contributed by atoms with E-state index in [-0.39, 0.29) is 17.5 Å². The SMILES string of the molecule is CN=C(NCCN1CCS(=O)(=O)CC1)NC(C)c1ccccc1. The summed E-state index contributed by atoms with van der Waals surface area (Å²) in [6.45, 7) is 4.89. The lowest BCUT2D eigenvalue weighted by atomic mass is 10.1. The van der Waals surface area contributed by atoms with E-state index in [1.807, 2.05) is 18.2 Å². The van der Waals surface area contributed by atoms with Crippen molar-refractivity contribution in [3.05, 3.63) is 35.9 Å². The zero-order valence-electron chi connectivity index (χ0n) is 13.8. The maximum absolute atomic E-state index is 11.4. The number of nitrogens with zero attached hydrogens (tertiary/aromatic N) is 2. The molecule has 0 spiro atoms. The van der Waals surface area contributed by atoms with Crippen LogP contribution in [0, 0.1) is 0 Å². The van der Waals surface area contributed by atoms with Gasteiger partial charge in [-0.1, -0.05) is 30.3 Å². The Bertz CT molecular complexity index is 602. The normalized spacial score (nSPS) is 20.0. The molecule has 1 aromatic rings. The van der Waals surface area contributed by atoms with E-state index in [1.165, 1.54) is 5.56 Å². The predicted octanol–water partition coefficient (Wildman–Crippen LogP) is 0.643. The van der Waals surface area contributed by atoms with Crippen LogP contribution in [0.2, 0.25) is 0 Å². The molecule has 23 heavy (non-hydrogen) atoms. The van der Waals surface area contributed by atoms with Crippen LogP contribution in [0.15, 0.2) is 35.3 Å². The number of guanidine groups is 1. The summed E-state index contributed by atoms with van der Waals surface area (Å²) >= 11 is 0. The summed E-state index contributed by atoms with van der Waals surface area (Å²) in [5.41, 5.74) is 1.21. The Labute approximate surface area is 138 Å². The van der Waals surface area contributed by atoms with Gasteiger partial charge in [0.05, 0.1) is 17.5 Å². The van der Waals surface area contributed by atoms with Crippen molar-refractivity contribution in [3.8, 4) is 0 Å². The van der Waals surface area contributed by atoms with Crippen molar-refractivity contribution in [1.29, 1.82) is 0 Å². The van der Waals surface area contributed by atoms with E-state index < -0.39 is 9.84 Å².